The highest BCUT2D eigenvalue weighted by molar-refractivity contribution is 6.30. The average Bonchev–Trinajstić information content (AvgIpc) is 2.45. The second-order valence-electron chi connectivity index (χ2n) is 7.57. The van der Waals surface area contributed by atoms with E-state index in [2.05, 4.69) is 0 Å². The van der Waals surface area contributed by atoms with E-state index in [1.54, 1.807) is 7.11 Å². The maximum atomic E-state index is 11.2. The Hall–Kier alpha value is -0.730. The summed E-state index contributed by atoms with van der Waals surface area (Å²) in [5.74, 6) is 3.26. The van der Waals surface area contributed by atoms with Gasteiger partial charge in [0.2, 0.25) is 0 Å². The third-order valence-electron chi connectivity index (χ3n) is 6.15. The number of ether oxygens (including phenoxy) is 1. The Morgan fingerprint density at radius 2 is 1.71 bits per heavy atom. The molecule has 5 rings (SSSR count). The number of benzene rings is 1. The molecule has 21 heavy (non-hydrogen) atoms. The molecule has 1 aromatic carbocycles. The van der Waals surface area contributed by atoms with Crippen LogP contribution in [0.2, 0.25) is 5.02 Å². The van der Waals surface area contributed by atoms with Crippen molar-refractivity contribution in [3.05, 3.63) is 28.8 Å². The first-order valence-electron chi connectivity index (χ1n) is 8.11. The van der Waals surface area contributed by atoms with E-state index >= 15 is 0 Å². The molecule has 2 nitrogen and oxygen atoms in total. The van der Waals surface area contributed by atoms with Gasteiger partial charge in [-0.2, -0.15) is 0 Å². The lowest BCUT2D eigenvalue weighted by Crippen LogP contribution is -2.48. The van der Waals surface area contributed by atoms with Crippen molar-refractivity contribution in [3.63, 3.8) is 0 Å². The van der Waals surface area contributed by atoms with E-state index in [4.69, 9.17) is 16.3 Å². The van der Waals surface area contributed by atoms with Crippen molar-refractivity contribution >= 4 is 11.6 Å². The van der Waals surface area contributed by atoms with Crippen molar-refractivity contribution in [2.24, 2.45) is 23.2 Å². The number of aliphatic hydroxyl groups is 1. The molecular formula is C18H23ClO2. The highest BCUT2D eigenvalue weighted by Gasteiger charge is 2.54. The first-order chi connectivity index (χ1) is 10.1. The molecule has 4 aliphatic rings. The number of methoxy groups -OCH3 is 1. The molecule has 1 aromatic rings. The van der Waals surface area contributed by atoms with Crippen LogP contribution < -0.4 is 4.74 Å². The van der Waals surface area contributed by atoms with Crippen molar-refractivity contribution in [3.8, 4) is 5.75 Å². The smallest absolute Gasteiger partial charge is 0.124 e. The zero-order chi connectivity index (χ0) is 14.6. The molecule has 114 valence electrons. The lowest BCUT2D eigenvalue weighted by molar-refractivity contribution is -0.122. The van der Waals surface area contributed by atoms with E-state index in [0.717, 1.165) is 29.1 Å². The van der Waals surface area contributed by atoms with Crippen LogP contribution in [0.3, 0.4) is 0 Å². The molecule has 4 bridgehead atoms. The highest BCUT2D eigenvalue weighted by Crippen LogP contribution is 2.64. The average molecular weight is 307 g/mol. The van der Waals surface area contributed by atoms with Gasteiger partial charge in [-0.1, -0.05) is 11.6 Å². The number of halogens is 1. The lowest BCUT2D eigenvalue weighted by Gasteiger charge is -2.58. The van der Waals surface area contributed by atoms with Crippen molar-refractivity contribution in [2.45, 2.75) is 44.6 Å². The van der Waals surface area contributed by atoms with Gasteiger partial charge in [-0.25, -0.2) is 0 Å². The van der Waals surface area contributed by atoms with Crippen LogP contribution in [0, 0.1) is 23.2 Å². The fourth-order valence-electron chi connectivity index (χ4n) is 5.76. The predicted molar refractivity (Wildman–Crippen MR) is 83.6 cm³/mol. The minimum atomic E-state index is -0.445. The molecule has 4 aliphatic carbocycles. The van der Waals surface area contributed by atoms with E-state index in [1.807, 2.05) is 18.2 Å². The second-order valence-corrected chi connectivity index (χ2v) is 8.01. The molecule has 0 amide bonds. The summed E-state index contributed by atoms with van der Waals surface area (Å²) in [6, 6.07) is 5.60. The van der Waals surface area contributed by atoms with E-state index in [0.29, 0.717) is 5.02 Å². The minimum absolute atomic E-state index is 0.0622. The van der Waals surface area contributed by atoms with Crippen molar-refractivity contribution < 1.29 is 9.84 Å². The SMILES string of the molecule is COc1ccc(Cl)cc1C(O)C12CC3CC(CC(C3)C1)C2. The summed E-state index contributed by atoms with van der Waals surface area (Å²) in [4.78, 5) is 0. The molecule has 4 fully saturated rings. The standard InChI is InChI=1S/C18H23ClO2/c1-21-16-3-2-14(19)7-15(16)17(20)18-8-11-4-12(9-18)6-13(5-11)10-18/h2-3,7,11-13,17,20H,4-6,8-10H2,1H3. The molecule has 1 unspecified atom stereocenters. The zero-order valence-electron chi connectivity index (χ0n) is 12.5. The quantitative estimate of drug-likeness (QED) is 0.884. The van der Waals surface area contributed by atoms with Crippen LogP contribution in [0.5, 0.6) is 5.75 Å². The molecule has 4 saturated carbocycles. The van der Waals surface area contributed by atoms with Gasteiger partial charge in [-0.05, 0) is 74.5 Å². The largest absolute Gasteiger partial charge is 0.496 e. The van der Waals surface area contributed by atoms with Crippen LogP contribution in [0.1, 0.15) is 50.2 Å². The Morgan fingerprint density at radius 1 is 1.14 bits per heavy atom. The maximum Gasteiger partial charge on any atom is 0.124 e. The van der Waals surface area contributed by atoms with Gasteiger partial charge in [0, 0.05) is 16.0 Å². The number of hydrogen-bond acceptors (Lipinski definition) is 2. The van der Waals surface area contributed by atoms with Gasteiger partial charge in [0.1, 0.15) is 5.75 Å². The van der Waals surface area contributed by atoms with Gasteiger partial charge in [-0.3, -0.25) is 0 Å². The van der Waals surface area contributed by atoms with Gasteiger partial charge in [0.15, 0.2) is 0 Å². The minimum Gasteiger partial charge on any atom is -0.496 e. The highest BCUT2D eigenvalue weighted by atomic mass is 35.5. The summed E-state index contributed by atoms with van der Waals surface area (Å²) in [5, 5.41) is 11.9. The third-order valence-corrected chi connectivity index (χ3v) is 6.39. The Labute approximate surface area is 131 Å². The Kier molecular flexibility index (Phi) is 3.24. The molecule has 0 aliphatic heterocycles. The Balaban J connectivity index is 1.71. The summed E-state index contributed by atoms with van der Waals surface area (Å²) >= 11 is 6.16. The van der Waals surface area contributed by atoms with Crippen LogP contribution in [-0.4, -0.2) is 12.2 Å². The predicted octanol–water partition coefficient (Wildman–Crippen LogP) is 4.60. The monoisotopic (exact) mass is 306 g/mol. The van der Waals surface area contributed by atoms with Gasteiger partial charge in [-0.15, -0.1) is 0 Å². The normalized spacial score (nSPS) is 38.5. The summed E-state index contributed by atoms with van der Waals surface area (Å²) in [7, 11) is 1.67. The summed E-state index contributed by atoms with van der Waals surface area (Å²) in [5.41, 5.74) is 0.944. The fourth-order valence-corrected chi connectivity index (χ4v) is 5.94. The molecule has 3 heteroatoms. The molecule has 1 atom stereocenters. The third kappa shape index (κ3) is 2.19. The zero-order valence-corrected chi connectivity index (χ0v) is 13.3. The molecule has 0 spiro atoms. The first kappa shape index (κ1) is 13.9. The van der Waals surface area contributed by atoms with Crippen LogP contribution in [0.25, 0.3) is 0 Å². The number of aliphatic hydroxyl groups excluding tert-OH is 1. The van der Waals surface area contributed by atoms with Gasteiger partial charge in [0.05, 0.1) is 13.2 Å². The van der Waals surface area contributed by atoms with Crippen LogP contribution >= 0.6 is 11.6 Å². The van der Waals surface area contributed by atoms with E-state index in [9.17, 15) is 5.11 Å². The summed E-state index contributed by atoms with van der Waals surface area (Å²) in [6.45, 7) is 0. The van der Waals surface area contributed by atoms with Crippen LogP contribution in [0.4, 0.5) is 0 Å². The molecule has 0 heterocycles. The number of rotatable bonds is 3. The Morgan fingerprint density at radius 3 is 2.24 bits per heavy atom. The van der Waals surface area contributed by atoms with E-state index in [1.165, 1.54) is 38.5 Å². The molecule has 0 aromatic heterocycles. The summed E-state index contributed by atoms with van der Waals surface area (Å²) in [6.07, 6.45) is 7.25. The first-order valence-corrected chi connectivity index (χ1v) is 8.49. The fraction of sp³-hybridized carbons (Fsp3) is 0.667. The van der Waals surface area contributed by atoms with Gasteiger partial charge < -0.3 is 9.84 Å². The van der Waals surface area contributed by atoms with Crippen LogP contribution in [0.15, 0.2) is 18.2 Å². The van der Waals surface area contributed by atoms with Crippen LogP contribution in [-0.2, 0) is 0 Å². The van der Waals surface area contributed by atoms with Crippen molar-refractivity contribution in [1.29, 1.82) is 0 Å². The lowest BCUT2D eigenvalue weighted by atomic mass is 9.47. The second kappa shape index (κ2) is 4.89. The van der Waals surface area contributed by atoms with Crippen molar-refractivity contribution in [2.75, 3.05) is 7.11 Å². The van der Waals surface area contributed by atoms with Gasteiger partial charge in [0.25, 0.3) is 0 Å². The molecule has 1 N–H and O–H groups in total. The van der Waals surface area contributed by atoms with Gasteiger partial charge >= 0.3 is 0 Å². The summed E-state index contributed by atoms with van der Waals surface area (Å²) < 4.78 is 5.47. The number of hydrogen-bond donors (Lipinski definition) is 1. The van der Waals surface area contributed by atoms with Crippen molar-refractivity contribution in [1.82, 2.24) is 0 Å². The Bertz CT molecular complexity index is 519. The topological polar surface area (TPSA) is 29.5 Å². The molecular weight excluding hydrogens is 284 g/mol. The molecule has 0 saturated heterocycles. The van der Waals surface area contributed by atoms with E-state index in [-0.39, 0.29) is 5.41 Å². The van der Waals surface area contributed by atoms with E-state index < -0.39 is 6.10 Å². The maximum absolute atomic E-state index is 11.2. The molecule has 0 radical (unpaired) electrons.